The monoisotopic (exact) mass is 224 g/mol. The molecule has 1 aliphatic rings. The van der Waals surface area contributed by atoms with Crippen molar-refractivity contribution in [2.24, 2.45) is 0 Å². The summed E-state index contributed by atoms with van der Waals surface area (Å²) in [5.74, 6) is 0. The Kier molecular flexibility index (Phi) is 2.45. The Balaban J connectivity index is 2.36. The van der Waals surface area contributed by atoms with E-state index in [2.05, 4.69) is 33.2 Å². The van der Waals surface area contributed by atoms with Gasteiger partial charge in [0.1, 0.15) is 0 Å². The van der Waals surface area contributed by atoms with Crippen LogP contribution in [0.1, 0.15) is 6.42 Å². The molecule has 46 valence electrons. The molecule has 0 radical (unpaired) electrons. The molecule has 0 bridgehead atoms. The van der Waals surface area contributed by atoms with E-state index in [1.54, 1.807) is 0 Å². The zero-order valence-corrected chi connectivity index (χ0v) is 6.73. The first-order valence-corrected chi connectivity index (χ1v) is 3.80. The smallest absolute Gasteiger partial charge is 0.0890 e. The van der Waals surface area contributed by atoms with Crippen molar-refractivity contribution in [2.45, 2.75) is 6.42 Å². The summed E-state index contributed by atoms with van der Waals surface area (Å²) in [6, 6.07) is 0. The second-order valence-electron chi connectivity index (χ2n) is 1.73. The van der Waals surface area contributed by atoms with Gasteiger partial charge < -0.3 is 10.6 Å². The van der Waals surface area contributed by atoms with Crippen molar-refractivity contribution in [3.8, 4) is 0 Å². The van der Waals surface area contributed by atoms with Gasteiger partial charge >= 0.3 is 0 Å². The lowest BCUT2D eigenvalue weighted by Gasteiger charge is -1.95. The van der Waals surface area contributed by atoms with Crippen LogP contribution in [0.5, 0.6) is 0 Å². The van der Waals surface area contributed by atoms with Crippen LogP contribution in [-0.2, 0) is 0 Å². The molecule has 0 aromatic carbocycles. The standard InChI is InChI=1S/C5H9IN2/c6-5-4-7-2-1-3-8-5/h4,7-8H,1-3H2. The van der Waals surface area contributed by atoms with Crippen molar-refractivity contribution in [3.05, 3.63) is 9.90 Å². The molecule has 3 heteroatoms. The first kappa shape index (κ1) is 6.19. The van der Waals surface area contributed by atoms with E-state index in [0.717, 1.165) is 13.1 Å². The van der Waals surface area contributed by atoms with Gasteiger partial charge in [-0.2, -0.15) is 0 Å². The van der Waals surface area contributed by atoms with E-state index >= 15 is 0 Å². The third-order valence-electron chi connectivity index (χ3n) is 1.02. The number of nitrogens with one attached hydrogen (secondary N) is 2. The van der Waals surface area contributed by atoms with Gasteiger partial charge in [-0.3, -0.25) is 0 Å². The molecule has 2 nitrogen and oxygen atoms in total. The van der Waals surface area contributed by atoms with Crippen LogP contribution in [0.25, 0.3) is 0 Å². The van der Waals surface area contributed by atoms with Crippen LogP contribution in [0.15, 0.2) is 9.90 Å². The van der Waals surface area contributed by atoms with E-state index < -0.39 is 0 Å². The summed E-state index contributed by atoms with van der Waals surface area (Å²) in [4.78, 5) is 0. The lowest BCUT2D eigenvalue weighted by atomic mass is 10.4. The maximum Gasteiger partial charge on any atom is 0.0890 e. The maximum absolute atomic E-state index is 3.23. The van der Waals surface area contributed by atoms with Gasteiger partial charge in [0.25, 0.3) is 0 Å². The molecule has 2 N–H and O–H groups in total. The lowest BCUT2D eigenvalue weighted by molar-refractivity contribution is 0.742. The number of hydrogen-bond acceptors (Lipinski definition) is 2. The first-order valence-electron chi connectivity index (χ1n) is 2.72. The first-order chi connectivity index (χ1) is 3.89. The summed E-state index contributed by atoms with van der Waals surface area (Å²) >= 11 is 2.27. The molecule has 0 saturated carbocycles. The van der Waals surface area contributed by atoms with Crippen molar-refractivity contribution in [3.63, 3.8) is 0 Å². The summed E-state index contributed by atoms with van der Waals surface area (Å²) < 4.78 is 1.21. The summed E-state index contributed by atoms with van der Waals surface area (Å²) in [7, 11) is 0. The van der Waals surface area contributed by atoms with Gasteiger partial charge in [-0.05, 0) is 29.0 Å². The van der Waals surface area contributed by atoms with E-state index in [1.807, 2.05) is 6.20 Å². The van der Waals surface area contributed by atoms with Crippen molar-refractivity contribution in [2.75, 3.05) is 13.1 Å². The molecule has 0 spiro atoms. The molecule has 0 atom stereocenters. The van der Waals surface area contributed by atoms with Crippen molar-refractivity contribution in [1.82, 2.24) is 10.6 Å². The molecule has 0 saturated heterocycles. The quantitative estimate of drug-likeness (QED) is 0.469. The van der Waals surface area contributed by atoms with Crippen molar-refractivity contribution in [1.29, 1.82) is 0 Å². The van der Waals surface area contributed by atoms with E-state index in [0.29, 0.717) is 0 Å². The van der Waals surface area contributed by atoms with E-state index in [-0.39, 0.29) is 0 Å². The Bertz CT molecular complexity index is 101. The SMILES string of the molecule is IC1=CNCCCN1. The van der Waals surface area contributed by atoms with Crippen LogP contribution in [0, 0.1) is 0 Å². The largest absolute Gasteiger partial charge is 0.389 e. The molecule has 0 aliphatic carbocycles. The maximum atomic E-state index is 3.23. The van der Waals surface area contributed by atoms with Crippen LogP contribution in [0.2, 0.25) is 0 Å². The Morgan fingerprint density at radius 2 is 2.38 bits per heavy atom. The fourth-order valence-electron chi connectivity index (χ4n) is 0.611. The predicted molar refractivity (Wildman–Crippen MR) is 42.7 cm³/mol. The Labute approximate surface area is 62.9 Å². The van der Waals surface area contributed by atoms with Gasteiger partial charge in [0, 0.05) is 19.3 Å². The van der Waals surface area contributed by atoms with Gasteiger partial charge in [0.15, 0.2) is 0 Å². The average molecular weight is 224 g/mol. The average Bonchev–Trinajstić information content (AvgIpc) is 1.94. The highest BCUT2D eigenvalue weighted by Crippen LogP contribution is 2.00. The minimum Gasteiger partial charge on any atom is -0.389 e. The molecule has 0 fully saturated rings. The van der Waals surface area contributed by atoms with Crippen molar-refractivity contribution < 1.29 is 0 Å². The molecule has 0 aromatic rings. The van der Waals surface area contributed by atoms with E-state index in [4.69, 9.17) is 0 Å². The number of rotatable bonds is 0. The highest BCUT2D eigenvalue weighted by Gasteiger charge is 1.93. The molecule has 0 aromatic heterocycles. The molecule has 0 unspecified atom stereocenters. The van der Waals surface area contributed by atoms with Gasteiger partial charge in [-0.15, -0.1) is 0 Å². The normalized spacial score (nSPS) is 19.9. The Hall–Kier alpha value is 0.0700. The third kappa shape index (κ3) is 1.90. The summed E-state index contributed by atoms with van der Waals surface area (Å²) in [6.45, 7) is 2.20. The fraction of sp³-hybridized carbons (Fsp3) is 0.600. The Morgan fingerprint density at radius 3 is 3.25 bits per heavy atom. The highest BCUT2D eigenvalue weighted by molar-refractivity contribution is 14.1. The van der Waals surface area contributed by atoms with Crippen LogP contribution in [-0.4, -0.2) is 13.1 Å². The summed E-state index contributed by atoms with van der Waals surface area (Å²) in [5.41, 5.74) is 0. The second kappa shape index (κ2) is 3.17. The van der Waals surface area contributed by atoms with Gasteiger partial charge in [-0.25, -0.2) is 0 Å². The molecular weight excluding hydrogens is 215 g/mol. The predicted octanol–water partition coefficient (Wildman–Crippen LogP) is 0.803. The van der Waals surface area contributed by atoms with Crippen LogP contribution in [0.3, 0.4) is 0 Å². The highest BCUT2D eigenvalue weighted by atomic mass is 127. The van der Waals surface area contributed by atoms with Crippen LogP contribution in [0.4, 0.5) is 0 Å². The summed E-state index contributed by atoms with van der Waals surface area (Å²) in [5, 5.41) is 6.39. The van der Waals surface area contributed by atoms with Crippen molar-refractivity contribution >= 4 is 22.6 Å². The molecule has 8 heavy (non-hydrogen) atoms. The zero-order valence-electron chi connectivity index (χ0n) is 4.58. The van der Waals surface area contributed by atoms with Gasteiger partial charge in [-0.1, -0.05) is 0 Å². The molecule has 1 rings (SSSR count). The zero-order chi connectivity index (χ0) is 5.82. The minimum atomic E-state index is 1.10. The number of halogens is 1. The summed E-state index contributed by atoms with van der Waals surface area (Å²) in [6.07, 6.45) is 3.22. The number of hydrogen-bond donors (Lipinski definition) is 2. The fourth-order valence-corrected chi connectivity index (χ4v) is 1.10. The molecule has 1 heterocycles. The Morgan fingerprint density at radius 1 is 1.50 bits per heavy atom. The topological polar surface area (TPSA) is 24.1 Å². The third-order valence-corrected chi connectivity index (χ3v) is 1.71. The van der Waals surface area contributed by atoms with E-state index in [9.17, 15) is 0 Å². The second-order valence-corrected chi connectivity index (χ2v) is 2.89. The van der Waals surface area contributed by atoms with Gasteiger partial charge in [0.05, 0.1) is 3.70 Å². The molecule has 0 amide bonds. The molecular formula is C5H9IN2. The van der Waals surface area contributed by atoms with Crippen LogP contribution >= 0.6 is 22.6 Å². The molecule has 1 aliphatic heterocycles. The van der Waals surface area contributed by atoms with Gasteiger partial charge in [0.2, 0.25) is 0 Å². The van der Waals surface area contributed by atoms with Crippen LogP contribution < -0.4 is 10.6 Å². The lowest BCUT2D eigenvalue weighted by Crippen LogP contribution is -2.09. The minimum absolute atomic E-state index is 1.10. The van der Waals surface area contributed by atoms with E-state index in [1.165, 1.54) is 10.1 Å².